The van der Waals surface area contributed by atoms with Crippen molar-refractivity contribution < 1.29 is 8.95 Å². The van der Waals surface area contributed by atoms with Crippen molar-refractivity contribution in [2.75, 3.05) is 37.2 Å². The van der Waals surface area contributed by atoms with Crippen LogP contribution in [-0.2, 0) is 14.5 Å². The van der Waals surface area contributed by atoms with Gasteiger partial charge in [-0.25, -0.2) is 14.2 Å². The molecule has 7 nitrogen and oxygen atoms in total. The summed E-state index contributed by atoms with van der Waals surface area (Å²) in [6.07, 6.45) is 4.93. The second-order valence-electron chi connectivity index (χ2n) is 6.48. The maximum Gasteiger partial charge on any atom is 0.167 e. The van der Waals surface area contributed by atoms with Gasteiger partial charge in [-0.15, -0.1) is 0 Å². The van der Waals surface area contributed by atoms with Gasteiger partial charge < -0.3 is 9.64 Å². The van der Waals surface area contributed by atoms with Crippen molar-refractivity contribution in [1.29, 1.82) is 0 Å². The van der Waals surface area contributed by atoms with E-state index >= 15 is 0 Å². The van der Waals surface area contributed by atoms with Gasteiger partial charge in [-0.3, -0.25) is 4.98 Å². The molecule has 0 bridgehead atoms. The van der Waals surface area contributed by atoms with Gasteiger partial charge in [0.05, 0.1) is 19.3 Å². The third-order valence-corrected chi connectivity index (χ3v) is 4.46. The Labute approximate surface area is 148 Å². The monoisotopic (exact) mass is 361 g/mol. The first kappa shape index (κ1) is 17.8. The average Bonchev–Trinajstić information content (AvgIpc) is 2.53. The first-order valence-electron chi connectivity index (χ1n) is 8.15. The Bertz CT molecular complexity index is 884. The second-order valence-corrected chi connectivity index (χ2v) is 9.03. The second kappa shape index (κ2) is 7.05. The van der Waals surface area contributed by atoms with Crippen molar-refractivity contribution >= 4 is 21.4 Å². The zero-order valence-corrected chi connectivity index (χ0v) is 15.8. The number of anilines is 1. The number of morpholine rings is 1. The summed E-state index contributed by atoms with van der Waals surface area (Å²) in [7, 11) is -2.32. The fourth-order valence-electron chi connectivity index (χ4n) is 2.72. The predicted molar refractivity (Wildman–Crippen MR) is 99.7 cm³/mol. The number of pyridine rings is 1. The molecule has 1 aliphatic rings. The molecule has 3 rings (SSSR count). The Morgan fingerprint density at radius 1 is 1.32 bits per heavy atom. The smallest absolute Gasteiger partial charge is 0.167 e. The Morgan fingerprint density at radius 3 is 2.80 bits per heavy atom. The number of rotatable bonds is 3. The minimum Gasteiger partial charge on any atom is -0.377 e. The van der Waals surface area contributed by atoms with Crippen molar-refractivity contribution in [3.63, 3.8) is 0 Å². The molecule has 0 saturated carbocycles. The van der Waals surface area contributed by atoms with Crippen molar-refractivity contribution in [3.8, 4) is 11.4 Å². The highest BCUT2D eigenvalue weighted by Crippen LogP contribution is 2.26. The number of aryl methyl sites for hydroxylation is 1. The van der Waals surface area contributed by atoms with Crippen molar-refractivity contribution in [3.05, 3.63) is 30.1 Å². The van der Waals surface area contributed by atoms with Crippen molar-refractivity contribution in [2.24, 2.45) is 4.36 Å². The standard InChI is InChI=1S/C17H23N5O2S/c1-12-9-14(5-6-18-12)17-19-15(21-25(3,4)23)10-16(20-17)22-7-8-24-11-13(22)2/h5-6,9-10,13H,7-8,11H2,1-4H3/t13-/m1/s1. The Morgan fingerprint density at radius 2 is 2.12 bits per heavy atom. The molecule has 0 spiro atoms. The van der Waals surface area contributed by atoms with Gasteiger partial charge in [0.25, 0.3) is 0 Å². The van der Waals surface area contributed by atoms with E-state index in [1.54, 1.807) is 24.8 Å². The number of aromatic nitrogens is 3. The molecule has 1 fully saturated rings. The summed E-state index contributed by atoms with van der Waals surface area (Å²) in [5.74, 6) is 1.77. The minimum atomic E-state index is -2.32. The van der Waals surface area contributed by atoms with Gasteiger partial charge >= 0.3 is 0 Å². The molecule has 8 heteroatoms. The van der Waals surface area contributed by atoms with E-state index < -0.39 is 9.73 Å². The Kier molecular flexibility index (Phi) is 5.01. The highest BCUT2D eigenvalue weighted by molar-refractivity contribution is 7.92. The van der Waals surface area contributed by atoms with Crippen LogP contribution in [0.5, 0.6) is 0 Å². The summed E-state index contributed by atoms with van der Waals surface area (Å²) in [5.41, 5.74) is 1.75. The van der Waals surface area contributed by atoms with E-state index in [1.165, 1.54) is 0 Å². The van der Waals surface area contributed by atoms with Crippen LogP contribution < -0.4 is 4.90 Å². The van der Waals surface area contributed by atoms with E-state index in [2.05, 4.69) is 26.2 Å². The van der Waals surface area contributed by atoms with Gasteiger partial charge in [-0.1, -0.05) is 0 Å². The summed E-state index contributed by atoms with van der Waals surface area (Å²) in [6.45, 7) is 6.08. The molecule has 134 valence electrons. The van der Waals surface area contributed by atoms with Gasteiger partial charge in [-0.2, -0.15) is 4.36 Å². The van der Waals surface area contributed by atoms with Crippen LogP contribution in [-0.4, -0.2) is 57.5 Å². The lowest BCUT2D eigenvalue weighted by Gasteiger charge is -2.34. The van der Waals surface area contributed by atoms with E-state index in [4.69, 9.17) is 9.72 Å². The van der Waals surface area contributed by atoms with E-state index in [-0.39, 0.29) is 6.04 Å². The molecule has 25 heavy (non-hydrogen) atoms. The minimum absolute atomic E-state index is 0.205. The van der Waals surface area contributed by atoms with Crippen LogP contribution in [0.3, 0.4) is 0 Å². The first-order valence-corrected chi connectivity index (χ1v) is 10.5. The Hall–Kier alpha value is -2.06. The van der Waals surface area contributed by atoms with Crippen LogP contribution in [0.1, 0.15) is 12.6 Å². The topological polar surface area (TPSA) is 80.6 Å². The summed E-state index contributed by atoms with van der Waals surface area (Å²) in [6, 6.07) is 5.80. The van der Waals surface area contributed by atoms with Crippen LogP contribution in [0.25, 0.3) is 11.4 Å². The van der Waals surface area contributed by atoms with E-state index in [0.29, 0.717) is 24.9 Å². The van der Waals surface area contributed by atoms with Gasteiger partial charge in [0, 0.05) is 52.3 Å². The molecule has 0 radical (unpaired) electrons. The fourth-order valence-corrected chi connectivity index (χ4v) is 3.27. The molecule has 1 atom stereocenters. The molecule has 0 amide bonds. The lowest BCUT2D eigenvalue weighted by Crippen LogP contribution is -2.44. The third-order valence-electron chi connectivity index (χ3n) is 3.83. The lowest BCUT2D eigenvalue weighted by molar-refractivity contribution is 0.0985. The van der Waals surface area contributed by atoms with E-state index in [1.807, 2.05) is 19.1 Å². The molecule has 3 heterocycles. The number of hydrogen-bond donors (Lipinski definition) is 0. The Balaban J connectivity index is 2.13. The normalized spacial score (nSPS) is 18.2. The quantitative estimate of drug-likeness (QED) is 0.835. The van der Waals surface area contributed by atoms with Crippen molar-refractivity contribution in [1.82, 2.24) is 15.0 Å². The molecule has 0 aromatic carbocycles. The molecular formula is C17H23N5O2S. The lowest BCUT2D eigenvalue weighted by atomic mass is 10.2. The van der Waals surface area contributed by atoms with Crippen LogP contribution >= 0.6 is 0 Å². The summed E-state index contributed by atoms with van der Waals surface area (Å²) in [5, 5.41) is 0. The van der Waals surface area contributed by atoms with Crippen molar-refractivity contribution in [2.45, 2.75) is 19.9 Å². The molecule has 2 aromatic heterocycles. The molecule has 2 aromatic rings. The number of ether oxygens (including phenoxy) is 1. The zero-order valence-electron chi connectivity index (χ0n) is 15.0. The highest BCUT2D eigenvalue weighted by atomic mass is 32.2. The molecule has 1 aliphatic heterocycles. The highest BCUT2D eigenvalue weighted by Gasteiger charge is 2.22. The summed E-state index contributed by atoms with van der Waals surface area (Å²) < 4.78 is 21.9. The van der Waals surface area contributed by atoms with Crippen LogP contribution in [0.15, 0.2) is 28.8 Å². The van der Waals surface area contributed by atoms with Gasteiger partial charge in [-0.05, 0) is 26.0 Å². The third kappa shape index (κ3) is 4.52. The first-order chi connectivity index (χ1) is 11.8. The van der Waals surface area contributed by atoms with Crippen LogP contribution in [0.2, 0.25) is 0 Å². The summed E-state index contributed by atoms with van der Waals surface area (Å²) in [4.78, 5) is 15.6. The average molecular weight is 361 g/mol. The zero-order chi connectivity index (χ0) is 18.0. The largest absolute Gasteiger partial charge is 0.377 e. The number of nitrogens with zero attached hydrogens (tertiary/aromatic N) is 5. The maximum absolute atomic E-state index is 12.1. The van der Waals surface area contributed by atoms with E-state index in [9.17, 15) is 4.21 Å². The van der Waals surface area contributed by atoms with Gasteiger partial charge in [0.15, 0.2) is 11.6 Å². The molecule has 0 unspecified atom stereocenters. The predicted octanol–water partition coefficient (Wildman–Crippen LogP) is 2.43. The SMILES string of the molecule is Cc1cc(-c2nc(N=S(C)(C)=O)cc(N3CCOC[C@H]3C)n2)ccn1. The molecular weight excluding hydrogens is 338 g/mol. The van der Waals surface area contributed by atoms with Crippen LogP contribution in [0, 0.1) is 6.92 Å². The van der Waals surface area contributed by atoms with Crippen LogP contribution in [0.4, 0.5) is 11.6 Å². The number of hydrogen-bond acceptors (Lipinski definition) is 7. The molecule has 0 N–H and O–H groups in total. The fraction of sp³-hybridized carbons (Fsp3) is 0.471. The molecule has 1 saturated heterocycles. The van der Waals surface area contributed by atoms with E-state index in [0.717, 1.165) is 23.6 Å². The molecule has 0 aliphatic carbocycles. The maximum atomic E-state index is 12.1. The summed E-state index contributed by atoms with van der Waals surface area (Å²) >= 11 is 0. The van der Waals surface area contributed by atoms with Gasteiger partial charge in [0.2, 0.25) is 0 Å². The van der Waals surface area contributed by atoms with Gasteiger partial charge in [0.1, 0.15) is 5.82 Å².